The molecule has 1 aromatic rings. The molecule has 1 unspecified atom stereocenters. The van der Waals surface area contributed by atoms with E-state index in [4.69, 9.17) is 10.5 Å². The number of hydrogen-bond donors (Lipinski definition) is 1. The van der Waals surface area contributed by atoms with Crippen LogP contribution in [0.1, 0.15) is 31.2 Å². The zero-order chi connectivity index (χ0) is 12.3. The highest BCUT2D eigenvalue weighted by Gasteiger charge is 2.22. The molecule has 1 fully saturated rings. The van der Waals surface area contributed by atoms with E-state index in [-0.39, 0.29) is 11.9 Å². The van der Waals surface area contributed by atoms with Gasteiger partial charge in [0, 0.05) is 12.1 Å². The van der Waals surface area contributed by atoms with Gasteiger partial charge in [0.05, 0.1) is 0 Å². The second kappa shape index (κ2) is 5.50. The molecule has 0 bridgehead atoms. The molecule has 1 aromatic carbocycles. The van der Waals surface area contributed by atoms with Gasteiger partial charge in [0.1, 0.15) is 18.2 Å². The summed E-state index contributed by atoms with van der Waals surface area (Å²) in [4.78, 5) is 0. The first-order chi connectivity index (χ1) is 8.16. The minimum Gasteiger partial charge on any atom is -0.492 e. The largest absolute Gasteiger partial charge is 0.492 e. The van der Waals surface area contributed by atoms with Crippen molar-refractivity contribution in [3.63, 3.8) is 0 Å². The summed E-state index contributed by atoms with van der Waals surface area (Å²) >= 11 is 0. The number of ether oxygens (including phenoxy) is 1. The van der Waals surface area contributed by atoms with Crippen LogP contribution in [0.3, 0.4) is 0 Å². The van der Waals surface area contributed by atoms with E-state index in [1.165, 1.54) is 37.8 Å². The Balaban J connectivity index is 1.90. The first-order valence-electron chi connectivity index (χ1n) is 6.31. The van der Waals surface area contributed by atoms with Gasteiger partial charge >= 0.3 is 0 Å². The van der Waals surface area contributed by atoms with Crippen molar-refractivity contribution >= 4 is 0 Å². The van der Waals surface area contributed by atoms with Crippen molar-refractivity contribution in [1.29, 1.82) is 0 Å². The highest BCUT2D eigenvalue weighted by molar-refractivity contribution is 5.32. The third-order valence-corrected chi connectivity index (χ3v) is 3.59. The molecular formula is C14H20FNO. The summed E-state index contributed by atoms with van der Waals surface area (Å²) in [6.07, 6.45) is 4.95. The molecule has 2 N–H and O–H groups in total. The molecule has 3 heteroatoms. The second-order valence-corrected chi connectivity index (χ2v) is 4.93. The molecule has 94 valence electrons. The molecule has 17 heavy (non-hydrogen) atoms. The Bertz CT molecular complexity index is 374. The average molecular weight is 237 g/mol. The molecule has 0 heterocycles. The molecule has 0 aromatic heterocycles. The highest BCUT2D eigenvalue weighted by Crippen LogP contribution is 2.27. The zero-order valence-corrected chi connectivity index (χ0v) is 10.3. The van der Waals surface area contributed by atoms with Crippen molar-refractivity contribution in [3.05, 3.63) is 29.6 Å². The molecule has 0 spiro atoms. The van der Waals surface area contributed by atoms with E-state index in [1.54, 1.807) is 6.07 Å². The minimum atomic E-state index is -0.264. The van der Waals surface area contributed by atoms with Crippen molar-refractivity contribution in [2.75, 3.05) is 6.61 Å². The molecular weight excluding hydrogens is 217 g/mol. The zero-order valence-electron chi connectivity index (χ0n) is 10.3. The van der Waals surface area contributed by atoms with Crippen LogP contribution in [0.2, 0.25) is 0 Å². The molecule has 0 aliphatic heterocycles. The fraction of sp³-hybridized carbons (Fsp3) is 0.571. The summed E-state index contributed by atoms with van der Waals surface area (Å²) in [5.74, 6) is 0.919. The number of hydrogen-bond acceptors (Lipinski definition) is 2. The second-order valence-electron chi connectivity index (χ2n) is 4.93. The number of aryl methyl sites for hydroxylation is 1. The Kier molecular flexibility index (Phi) is 4.00. The van der Waals surface area contributed by atoms with E-state index in [1.807, 2.05) is 6.92 Å². The van der Waals surface area contributed by atoms with E-state index in [2.05, 4.69) is 0 Å². The fourth-order valence-electron chi connectivity index (χ4n) is 2.44. The van der Waals surface area contributed by atoms with Crippen molar-refractivity contribution in [1.82, 2.24) is 0 Å². The average Bonchev–Trinajstić information content (AvgIpc) is 2.83. The van der Waals surface area contributed by atoms with Crippen molar-refractivity contribution in [2.24, 2.45) is 11.7 Å². The van der Waals surface area contributed by atoms with Crippen LogP contribution in [-0.4, -0.2) is 12.6 Å². The van der Waals surface area contributed by atoms with Gasteiger partial charge in [0.15, 0.2) is 0 Å². The van der Waals surface area contributed by atoms with Crippen LogP contribution >= 0.6 is 0 Å². The topological polar surface area (TPSA) is 35.2 Å². The predicted molar refractivity (Wildman–Crippen MR) is 66.6 cm³/mol. The Hall–Kier alpha value is -1.09. The first-order valence-corrected chi connectivity index (χ1v) is 6.31. The molecule has 0 radical (unpaired) electrons. The Morgan fingerprint density at radius 1 is 1.41 bits per heavy atom. The summed E-state index contributed by atoms with van der Waals surface area (Å²) in [6, 6.07) is 4.67. The van der Waals surface area contributed by atoms with Gasteiger partial charge in [0.25, 0.3) is 0 Å². The van der Waals surface area contributed by atoms with E-state index >= 15 is 0 Å². The lowest BCUT2D eigenvalue weighted by molar-refractivity contribution is 0.245. The Morgan fingerprint density at radius 2 is 2.12 bits per heavy atom. The van der Waals surface area contributed by atoms with Gasteiger partial charge in [-0.05, 0) is 37.3 Å². The third-order valence-electron chi connectivity index (χ3n) is 3.59. The van der Waals surface area contributed by atoms with Crippen LogP contribution < -0.4 is 10.5 Å². The summed E-state index contributed by atoms with van der Waals surface area (Å²) in [5.41, 5.74) is 7.05. The molecule has 1 aliphatic carbocycles. The van der Waals surface area contributed by atoms with Gasteiger partial charge < -0.3 is 10.5 Å². The molecule has 1 saturated carbocycles. The SMILES string of the molecule is Cc1ccc(F)cc1OCC(N)C1CCCC1. The molecule has 1 atom stereocenters. The van der Waals surface area contributed by atoms with Gasteiger partial charge in [-0.2, -0.15) is 0 Å². The number of halogens is 1. The van der Waals surface area contributed by atoms with Crippen molar-refractivity contribution < 1.29 is 9.13 Å². The molecule has 0 amide bonds. The fourth-order valence-corrected chi connectivity index (χ4v) is 2.44. The van der Waals surface area contributed by atoms with E-state index < -0.39 is 0 Å². The van der Waals surface area contributed by atoms with Crippen molar-refractivity contribution in [2.45, 2.75) is 38.6 Å². The highest BCUT2D eigenvalue weighted by atomic mass is 19.1. The quantitative estimate of drug-likeness (QED) is 0.873. The minimum absolute atomic E-state index is 0.0696. The smallest absolute Gasteiger partial charge is 0.126 e. The normalized spacial score (nSPS) is 18.3. The number of nitrogens with two attached hydrogens (primary N) is 1. The molecule has 0 saturated heterocycles. The predicted octanol–water partition coefficient (Wildman–Crippen LogP) is 3.03. The summed E-state index contributed by atoms with van der Waals surface area (Å²) in [5, 5.41) is 0. The van der Waals surface area contributed by atoms with Crippen LogP contribution in [0.4, 0.5) is 4.39 Å². The van der Waals surface area contributed by atoms with Gasteiger partial charge in [-0.3, -0.25) is 0 Å². The molecule has 2 nitrogen and oxygen atoms in total. The monoisotopic (exact) mass is 237 g/mol. The van der Waals surface area contributed by atoms with Crippen LogP contribution in [-0.2, 0) is 0 Å². The van der Waals surface area contributed by atoms with E-state index in [0.29, 0.717) is 18.3 Å². The first kappa shape index (κ1) is 12.4. The van der Waals surface area contributed by atoms with Crippen molar-refractivity contribution in [3.8, 4) is 5.75 Å². The standard InChI is InChI=1S/C14H20FNO/c1-10-6-7-12(15)8-14(10)17-9-13(16)11-4-2-3-5-11/h6-8,11,13H,2-5,9,16H2,1H3. The summed E-state index contributed by atoms with van der Waals surface area (Å²) < 4.78 is 18.7. The van der Waals surface area contributed by atoms with Crippen LogP contribution in [0.25, 0.3) is 0 Å². The lowest BCUT2D eigenvalue weighted by atomic mass is 10.00. The van der Waals surface area contributed by atoms with Crippen LogP contribution in [0.15, 0.2) is 18.2 Å². The van der Waals surface area contributed by atoms with Gasteiger partial charge in [-0.1, -0.05) is 18.9 Å². The van der Waals surface area contributed by atoms with E-state index in [0.717, 1.165) is 5.56 Å². The number of benzene rings is 1. The van der Waals surface area contributed by atoms with E-state index in [9.17, 15) is 4.39 Å². The maximum absolute atomic E-state index is 13.1. The maximum Gasteiger partial charge on any atom is 0.126 e. The number of rotatable bonds is 4. The molecule has 1 aliphatic rings. The summed E-state index contributed by atoms with van der Waals surface area (Å²) in [7, 11) is 0. The van der Waals surface area contributed by atoms with Gasteiger partial charge in [-0.25, -0.2) is 4.39 Å². The summed E-state index contributed by atoms with van der Waals surface area (Å²) in [6.45, 7) is 2.39. The van der Waals surface area contributed by atoms with Crippen LogP contribution in [0, 0.1) is 18.7 Å². The van der Waals surface area contributed by atoms with Gasteiger partial charge in [0.2, 0.25) is 0 Å². The lowest BCUT2D eigenvalue weighted by Gasteiger charge is -2.19. The third kappa shape index (κ3) is 3.19. The Labute approximate surface area is 102 Å². The lowest BCUT2D eigenvalue weighted by Crippen LogP contribution is -2.34. The maximum atomic E-state index is 13.1. The van der Waals surface area contributed by atoms with Crippen LogP contribution in [0.5, 0.6) is 5.75 Å². The Morgan fingerprint density at radius 3 is 2.82 bits per heavy atom. The molecule has 2 rings (SSSR count). The van der Waals surface area contributed by atoms with Gasteiger partial charge in [-0.15, -0.1) is 0 Å².